The van der Waals surface area contributed by atoms with Crippen molar-refractivity contribution in [1.82, 2.24) is 0 Å². The van der Waals surface area contributed by atoms with Crippen LogP contribution in [-0.2, 0) is 0 Å². The van der Waals surface area contributed by atoms with E-state index in [4.69, 9.17) is 9.47 Å². The van der Waals surface area contributed by atoms with E-state index in [9.17, 15) is 0 Å². The van der Waals surface area contributed by atoms with Crippen molar-refractivity contribution in [3.05, 3.63) is 47.5 Å². The molecule has 1 aliphatic heterocycles. The molecule has 2 aromatic rings. The fourth-order valence-electron chi connectivity index (χ4n) is 3.25. The van der Waals surface area contributed by atoms with E-state index < -0.39 is 7.26 Å². The van der Waals surface area contributed by atoms with Crippen LogP contribution in [0.1, 0.15) is 16.8 Å². The summed E-state index contributed by atoms with van der Waals surface area (Å²) >= 11 is 0. The van der Waals surface area contributed by atoms with Crippen LogP contribution in [0.2, 0.25) is 0 Å². The predicted octanol–water partition coefficient (Wildman–Crippen LogP) is 5.01. The molecule has 0 N–H and O–H groups in total. The van der Waals surface area contributed by atoms with Gasteiger partial charge in [0, 0.05) is 38.4 Å². The molecule has 2 nitrogen and oxygen atoms in total. The largest absolute Gasteiger partial charge is 0.496 e. The lowest BCUT2D eigenvalue weighted by molar-refractivity contribution is 0.353. The molecular formula is C19H24O2P+. The van der Waals surface area contributed by atoms with Gasteiger partial charge in [0.1, 0.15) is 23.8 Å². The van der Waals surface area contributed by atoms with Crippen molar-refractivity contribution in [1.29, 1.82) is 0 Å². The van der Waals surface area contributed by atoms with Gasteiger partial charge in [0.15, 0.2) is 0 Å². The van der Waals surface area contributed by atoms with Gasteiger partial charge in [-0.2, -0.15) is 0 Å². The van der Waals surface area contributed by atoms with Gasteiger partial charge in [-0.25, -0.2) is 0 Å². The molecule has 0 spiro atoms. The summed E-state index contributed by atoms with van der Waals surface area (Å²) in [6, 6.07) is 12.6. The topological polar surface area (TPSA) is 18.5 Å². The minimum Gasteiger partial charge on any atom is -0.496 e. The van der Waals surface area contributed by atoms with Crippen molar-refractivity contribution >= 4 is 7.26 Å². The zero-order valence-electron chi connectivity index (χ0n) is 14.0. The second-order valence-corrected chi connectivity index (χ2v) is 11.7. The van der Waals surface area contributed by atoms with Crippen molar-refractivity contribution in [2.24, 2.45) is 0 Å². The van der Waals surface area contributed by atoms with E-state index in [2.05, 4.69) is 51.2 Å². The maximum Gasteiger partial charge on any atom is 0.132 e. The van der Waals surface area contributed by atoms with Gasteiger partial charge in [-0.1, -0.05) is 24.3 Å². The van der Waals surface area contributed by atoms with E-state index >= 15 is 0 Å². The van der Waals surface area contributed by atoms with Gasteiger partial charge in [0.25, 0.3) is 0 Å². The second-order valence-electron chi connectivity index (χ2n) is 6.81. The average molecular weight is 315 g/mol. The summed E-state index contributed by atoms with van der Waals surface area (Å²) in [5.41, 5.74) is 5.58. The second kappa shape index (κ2) is 5.59. The molecule has 0 aliphatic carbocycles. The summed E-state index contributed by atoms with van der Waals surface area (Å²) in [6.45, 7) is 10.1. The highest BCUT2D eigenvalue weighted by atomic mass is 31.2. The Bertz CT molecular complexity index is 701. The fraction of sp³-hybridized carbons (Fsp3) is 0.368. The number of benzene rings is 2. The van der Waals surface area contributed by atoms with Crippen molar-refractivity contribution in [3.8, 4) is 22.6 Å². The molecule has 0 fully saturated rings. The quantitative estimate of drug-likeness (QED) is 0.741. The molecule has 2 aromatic carbocycles. The third-order valence-electron chi connectivity index (χ3n) is 4.45. The molecule has 0 unspecified atom stereocenters. The number of aryl methyl sites for hydroxylation is 1. The van der Waals surface area contributed by atoms with Crippen LogP contribution >= 0.6 is 7.26 Å². The summed E-state index contributed by atoms with van der Waals surface area (Å²) in [6.07, 6.45) is 0. The molecular weight excluding hydrogens is 291 g/mol. The minimum atomic E-state index is -1.05. The van der Waals surface area contributed by atoms with Gasteiger partial charge in [-0.05, 0) is 30.2 Å². The van der Waals surface area contributed by atoms with E-state index in [-0.39, 0.29) is 0 Å². The Morgan fingerprint density at radius 2 is 1.82 bits per heavy atom. The number of methoxy groups -OCH3 is 1. The van der Waals surface area contributed by atoms with Crippen LogP contribution in [0.25, 0.3) is 11.1 Å². The number of fused-ring (bicyclic) bond motifs is 1. The normalized spacial score (nSPS) is 17.0. The first kappa shape index (κ1) is 15.4. The van der Waals surface area contributed by atoms with E-state index in [0.29, 0.717) is 5.66 Å². The highest BCUT2D eigenvalue weighted by Gasteiger charge is 2.41. The molecule has 0 saturated carbocycles. The Balaban J connectivity index is 2.25. The van der Waals surface area contributed by atoms with Gasteiger partial charge < -0.3 is 9.47 Å². The first-order valence-corrected chi connectivity index (χ1v) is 10.8. The predicted molar refractivity (Wildman–Crippen MR) is 96.1 cm³/mol. The summed E-state index contributed by atoms with van der Waals surface area (Å²) in [4.78, 5) is 0. The molecule has 0 radical (unpaired) electrons. The van der Waals surface area contributed by atoms with E-state index in [0.717, 1.165) is 18.1 Å². The number of ether oxygens (including phenoxy) is 2. The van der Waals surface area contributed by atoms with Gasteiger partial charge in [-0.15, -0.1) is 0 Å². The zero-order valence-corrected chi connectivity index (χ0v) is 14.9. The van der Waals surface area contributed by atoms with Crippen molar-refractivity contribution in [3.63, 3.8) is 0 Å². The Kier molecular flexibility index (Phi) is 3.91. The Labute approximate surface area is 133 Å². The monoisotopic (exact) mass is 315 g/mol. The van der Waals surface area contributed by atoms with Crippen LogP contribution in [0.3, 0.4) is 0 Å². The van der Waals surface area contributed by atoms with E-state index in [1.807, 2.05) is 12.1 Å². The van der Waals surface area contributed by atoms with E-state index in [1.165, 1.54) is 22.3 Å². The summed E-state index contributed by atoms with van der Waals surface area (Å²) < 4.78 is 11.6. The lowest BCUT2D eigenvalue weighted by Crippen LogP contribution is -2.06. The van der Waals surface area contributed by atoms with Crippen LogP contribution in [0.5, 0.6) is 11.5 Å². The molecule has 1 heterocycles. The summed E-state index contributed by atoms with van der Waals surface area (Å²) in [5.74, 6) is 1.98. The number of hydrogen-bond acceptors (Lipinski definition) is 2. The van der Waals surface area contributed by atoms with E-state index in [1.54, 1.807) is 7.11 Å². The van der Waals surface area contributed by atoms with Gasteiger partial charge in [0.2, 0.25) is 0 Å². The first-order chi connectivity index (χ1) is 10.4. The highest BCUT2D eigenvalue weighted by Crippen LogP contribution is 2.65. The van der Waals surface area contributed by atoms with Gasteiger partial charge >= 0.3 is 0 Å². The highest BCUT2D eigenvalue weighted by molar-refractivity contribution is 7.74. The summed E-state index contributed by atoms with van der Waals surface area (Å²) in [5, 5.41) is 0. The maximum absolute atomic E-state index is 6.00. The van der Waals surface area contributed by atoms with Gasteiger partial charge in [0.05, 0.1) is 7.11 Å². The molecule has 1 atom stereocenters. The third kappa shape index (κ3) is 2.50. The Morgan fingerprint density at radius 1 is 1.09 bits per heavy atom. The SMILES string of the molecule is COc1cccc(C)c1-c1cccc2c1[C@H]([P+](C)(C)C)CO2. The Hall–Kier alpha value is -1.53. The molecule has 22 heavy (non-hydrogen) atoms. The minimum absolute atomic E-state index is 0.503. The molecule has 3 rings (SSSR count). The summed E-state index contributed by atoms with van der Waals surface area (Å²) in [7, 11) is 0.695. The molecule has 0 saturated heterocycles. The van der Waals surface area contributed by atoms with Crippen molar-refractivity contribution < 1.29 is 9.47 Å². The molecule has 0 bridgehead atoms. The Morgan fingerprint density at radius 3 is 2.50 bits per heavy atom. The standard InChI is InChI=1S/C19H24O2P/c1-13-8-6-10-15(20-2)18(13)14-9-7-11-16-19(14)17(12-21-16)22(3,4)5/h6-11,17H,12H2,1-5H3/q+1/t17-/m1/s1. The lowest BCUT2D eigenvalue weighted by atomic mass is 9.93. The van der Waals surface area contributed by atoms with Crippen LogP contribution in [0.4, 0.5) is 0 Å². The first-order valence-electron chi connectivity index (χ1n) is 7.64. The fourth-order valence-corrected chi connectivity index (χ4v) is 4.81. The van der Waals surface area contributed by atoms with Crippen LogP contribution in [-0.4, -0.2) is 33.7 Å². The zero-order chi connectivity index (χ0) is 15.9. The molecule has 0 amide bonds. The van der Waals surface area contributed by atoms with Crippen molar-refractivity contribution in [2.45, 2.75) is 12.6 Å². The lowest BCUT2D eigenvalue weighted by Gasteiger charge is -2.22. The van der Waals surface area contributed by atoms with Crippen molar-refractivity contribution in [2.75, 3.05) is 33.7 Å². The maximum atomic E-state index is 6.00. The molecule has 1 aliphatic rings. The van der Waals surface area contributed by atoms with Crippen LogP contribution < -0.4 is 9.47 Å². The van der Waals surface area contributed by atoms with Crippen LogP contribution in [0.15, 0.2) is 36.4 Å². The molecule has 3 heteroatoms. The molecule has 116 valence electrons. The smallest absolute Gasteiger partial charge is 0.132 e. The van der Waals surface area contributed by atoms with Crippen LogP contribution in [0, 0.1) is 6.92 Å². The third-order valence-corrected chi connectivity index (χ3v) is 6.73. The van der Waals surface area contributed by atoms with Gasteiger partial charge in [-0.3, -0.25) is 0 Å². The average Bonchev–Trinajstić information content (AvgIpc) is 2.91. The molecule has 0 aromatic heterocycles. The number of rotatable bonds is 3. The number of hydrogen-bond donors (Lipinski definition) is 0.